The third-order valence-corrected chi connectivity index (χ3v) is 2.15. The molecule has 0 aromatic carbocycles. The molecule has 0 amide bonds. The van der Waals surface area contributed by atoms with Gasteiger partial charge in [0.1, 0.15) is 17.3 Å². The second-order valence-corrected chi connectivity index (χ2v) is 3.38. The molecule has 0 saturated carbocycles. The van der Waals surface area contributed by atoms with Crippen LogP contribution < -0.4 is 5.73 Å². The number of nitrogen functional groups attached to an aromatic ring is 1. The van der Waals surface area contributed by atoms with Crippen molar-refractivity contribution in [3.8, 4) is 11.9 Å². The van der Waals surface area contributed by atoms with Crippen molar-refractivity contribution < 1.29 is 13.2 Å². The van der Waals surface area contributed by atoms with Crippen LogP contribution >= 0.6 is 0 Å². The summed E-state index contributed by atoms with van der Waals surface area (Å²) in [5.41, 5.74) is 4.09. The lowest BCUT2D eigenvalue weighted by Crippen LogP contribution is -2.14. The highest BCUT2D eigenvalue weighted by Crippen LogP contribution is 2.33. The SMILES string of the molecule is N#Cc1ccnn1-c1ncc(N)cc1C(F)(F)F. The van der Waals surface area contributed by atoms with Crippen LogP contribution in [0.3, 0.4) is 0 Å². The zero-order valence-corrected chi connectivity index (χ0v) is 8.81. The summed E-state index contributed by atoms with van der Waals surface area (Å²) in [6.45, 7) is 0. The predicted molar refractivity (Wildman–Crippen MR) is 55.5 cm³/mol. The molecule has 0 fully saturated rings. The van der Waals surface area contributed by atoms with Gasteiger partial charge in [0.2, 0.25) is 0 Å². The Morgan fingerprint density at radius 2 is 2.11 bits per heavy atom. The summed E-state index contributed by atoms with van der Waals surface area (Å²) in [7, 11) is 0. The molecule has 92 valence electrons. The summed E-state index contributed by atoms with van der Waals surface area (Å²) in [5.74, 6) is -0.474. The number of anilines is 1. The van der Waals surface area contributed by atoms with Crippen molar-refractivity contribution in [2.45, 2.75) is 6.18 Å². The van der Waals surface area contributed by atoms with E-state index < -0.39 is 17.6 Å². The largest absolute Gasteiger partial charge is 0.420 e. The number of nitrogens with zero attached hydrogens (tertiary/aromatic N) is 4. The molecule has 2 heterocycles. The minimum absolute atomic E-state index is 0.0437. The van der Waals surface area contributed by atoms with Gasteiger partial charge in [-0.25, -0.2) is 9.67 Å². The number of hydrogen-bond acceptors (Lipinski definition) is 4. The van der Waals surface area contributed by atoms with E-state index in [1.54, 1.807) is 6.07 Å². The Balaban J connectivity index is 2.69. The summed E-state index contributed by atoms with van der Waals surface area (Å²) in [6.07, 6.45) is -2.33. The van der Waals surface area contributed by atoms with Gasteiger partial charge in [-0.15, -0.1) is 0 Å². The zero-order chi connectivity index (χ0) is 13.3. The lowest BCUT2D eigenvalue weighted by molar-refractivity contribution is -0.137. The molecule has 18 heavy (non-hydrogen) atoms. The van der Waals surface area contributed by atoms with Gasteiger partial charge in [0.15, 0.2) is 5.82 Å². The topological polar surface area (TPSA) is 80.5 Å². The van der Waals surface area contributed by atoms with Crippen LogP contribution in [-0.2, 0) is 6.18 Å². The minimum Gasteiger partial charge on any atom is -0.397 e. The first-order chi connectivity index (χ1) is 8.43. The van der Waals surface area contributed by atoms with Crippen LogP contribution in [0, 0.1) is 11.3 Å². The van der Waals surface area contributed by atoms with Crippen molar-refractivity contribution in [3.05, 3.63) is 35.8 Å². The molecule has 0 aliphatic rings. The van der Waals surface area contributed by atoms with E-state index in [-0.39, 0.29) is 11.4 Å². The molecular weight excluding hydrogens is 247 g/mol. The molecule has 0 spiro atoms. The van der Waals surface area contributed by atoms with Crippen molar-refractivity contribution in [1.29, 1.82) is 5.26 Å². The highest BCUT2D eigenvalue weighted by molar-refractivity contribution is 5.48. The maximum Gasteiger partial charge on any atom is 0.420 e. The summed E-state index contributed by atoms with van der Waals surface area (Å²) < 4.78 is 39.3. The number of hydrogen-bond donors (Lipinski definition) is 1. The van der Waals surface area contributed by atoms with Gasteiger partial charge in [0.25, 0.3) is 0 Å². The van der Waals surface area contributed by atoms with Crippen molar-refractivity contribution in [2.75, 3.05) is 5.73 Å². The molecule has 2 N–H and O–H groups in total. The van der Waals surface area contributed by atoms with E-state index in [0.717, 1.165) is 16.9 Å². The molecule has 8 heteroatoms. The average molecular weight is 253 g/mol. The van der Waals surface area contributed by atoms with Gasteiger partial charge < -0.3 is 5.73 Å². The fourth-order valence-electron chi connectivity index (χ4n) is 1.41. The van der Waals surface area contributed by atoms with Gasteiger partial charge >= 0.3 is 6.18 Å². The van der Waals surface area contributed by atoms with E-state index in [2.05, 4.69) is 10.1 Å². The van der Waals surface area contributed by atoms with E-state index in [0.29, 0.717) is 0 Å². The van der Waals surface area contributed by atoms with Crippen LogP contribution in [0.1, 0.15) is 11.3 Å². The average Bonchev–Trinajstić information content (AvgIpc) is 2.75. The normalized spacial score (nSPS) is 11.2. The van der Waals surface area contributed by atoms with Crippen molar-refractivity contribution in [3.63, 3.8) is 0 Å². The smallest absolute Gasteiger partial charge is 0.397 e. The van der Waals surface area contributed by atoms with E-state index in [1.165, 1.54) is 12.3 Å². The molecule has 0 atom stereocenters. The molecular formula is C10H6F3N5. The first-order valence-electron chi connectivity index (χ1n) is 4.70. The first-order valence-corrected chi connectivity index (χ1v) is 4.70. The van der Waals surface area contributed by atoms with Crippen molar-refractivity contribution >= 4 is 5.69 Å². The summed E-state index contributed by atoms with van der Waals surface area (Å²) in [5, 5.41) is 12.4. The third kappa shape index (κ3) is 1.98. The first kappa shape index (κ1) is 11.9. The number of rotatable bonds is 1. The molecule has 0 radical (unpaired) electrons. The molecule has 0 aliphatic heterocycles. The van der Waals surface area contributed by atoms with Crippen LogP contribution in [0.25, 0.3) is 5.82 Å². The quantitative estimate of drug-likeness (QED) is 0.839. The Hall–Kier alpha value is -2.56. The molecule has 2 aromatic rings. The number of alkyl halides is 3. The van der Waals surface area contributed by atoms with Gasteiger partial charge in [-0.1, -0.05) is 0 Å². The van der Waals surface area contributed by atoms with Gasteiger partial charge in [-0.3, -0.25) is 0 Å². The Kier molecular flexibility index (Phi) is 2.67. The molecule has 0 unspecified atom stereocenters. The number of nitrogens with two attached hydrogens (primary N) is 1. The van der Waals surface area contributed by atoms with E-state index in [1.807, 2.05) is 0 Å². The third-order valence-electron chi connectivity index (χ3n) is 2.15. The van der Waals surface area contributed by atoms with Gasteiger partial charge in [0.05, 0.1) is 18.1 Å². The number of halogens is 3. The highest BCUT2D eigenvalue weighted by Gasteiger charge is 2.35. The van der Waals surface area contributed by atoms with Crippen molar-refractivity contribution in [1.82, 2.24) is 14.8 Å². The molecule has 2 aromatic heterocycles. The Bertz CT molecular complexity index is 623. The number of aromatic nitrogens is 3. The van der Waals surface area contributed by atoms with Gasteiger partial charge in [0, 0.05) is 0 Å². The fraction of sp³-hybridized carbons (Fsp3) is 0.100. The Morgan fingerprint density at radius 3 is 2.72 bits per heavy atom. The van der Waals surface area contributed by atoms with Gasteiger partial charge in [-0.05, 0) is 12.1 Å². The minimum atomic E-state index is -4.63. The molecule has 5 nitrogen and oxygen atoms in total. The molecule has 0 bridgehead atoms. The zero-order valence-electron chi connectivity index (χ0n) is 8.81. The van der Waals surface area contributed by atoms with Crippen molar-refractivity contribution in [2.24, 2.45) is 0 Å². The maximum atomic E-state index is 12.8. The van der Waals surface area contributed by atoms with Crippen LogP contribution in [0.2, 0.25) is 0 Å². The molecule has 2 rings (SSSR count). The number of pyridine rings is 1. The van der Waals surface area contributed by atoms with Crippen LogP contribution in [0.15, 0.2) is 24.5 Å². The number of nitriles is 1. The fourth-order valence-corrected chi connectivity index (χ4v) is 1.41. The summed E-state index contributed by atoms with van der Waals surface area (Å²) in [6, 6.07) is 3.77. The molecule has 0 saturated heterocycles. The predicted octanol–water partition coefficient (Wildman–Crippen LogP) is 1.74. The van der Waals surface area contributed by atoms with Crippen LogP contribution in [-0.4, -0.2) is 14.8 Å². The highest BCUT2D eigenvalue weighted by atomic mass is 19.4. The second-order valence-electron chi connectivity index (χ2n) is 3.38. The Morgan fingerprint density at radius 1 is 1.39 bits per heavy atom. The van der Waals surface area contributed by atoms with Crippen LogP contribution in [0.5, 0.6) is 0 Å². The van der Waals surface area contributed by atoms with E-state index >= 15 is 0 Å². The molecule has 0 aliphatic carbocycles. The maximum absolute atomic E-state index is 12.8. The van der Waals surface area contributed by atoms with E-state index in [4.69, 9.17) is 11.0 Å². The lowest BCUT2D eigenvalue weighted by Gasteiger charge is -2.12. The summed E-state index contributed by atoms with van der Waals surface area (Å²) >= 11 is 0. The van der Waals surface area contributed by atoms with Gasteiger partial charge in [-0.2, -0.15) is 23.5 Å². The second kappa shape index (κ2) is 4.03. The van der Waals surface area contributed by atoms with Crippen LogP contribution in [0.4, 0.5) is 18.9 Å². The standard InChI is InChI=1S/C10H6F3N5/c11-10(12,13)8-3-6(15)5-16-9(8)18-7(4-14)1-2-17-18/h1-3,5H,15H2. The van der Waals surface area contributed by atoms with E-state index in [9.17, 15) is 13.2 Å². The lowest BCUT2D eigenvalue weighted by atomic mass is 10.2. The Labute approximate surface area is 99.3 Å². The summed E-state index contributed by atoms with van der Waals surface area (Å²) in [4.78, 5) is 3.60. The monoisotopic (exact) mass is 253 g/mol.